The predicted octanol–water partition coefficient (Wildman–Crippen LogP) is 4.90. The molecule has 2 aromatic carbocycles. The number of anilines is 2. The number of amides is 1. The van der Waals surface area contributed by atoms with Crippen molar-refractivity contribution in [2.75, 3.05) is 24.1 Å². The highest BCUT2D eigenvalue weighted by Gasteiger charge is 2.30. The molecule has 1 aliphatic rings. The molecule has 1 amide bonds. The Bertz CT molecular complexity index is 876. The summed E-state index contributed by atoms with van der Waals surface area (Å²) < 4.78 is 37.9. The molecule has 8 heteroatoms. The lowest BCUT2D eigenvalue weighted by Crippen LogP contribution is -2.43. The lowest BCUT2D eigenvalue weighted by molar-refractivity contribution is -0.137. The molecule has 0 bridgehead atoms. The summed E-state index contributed by atoms with van der Waals surface area (Å²) in [6.07, 6.45) is -2.81. The summed E-state index contributed by atoms with van der Waals surface area (Å²) in [5.74, 6) is -0.0867. The number of likely N-dealkylation sites (tertiary alicyclic amines) is 1. The van der Waals surface area contributed by atoms with Crippen molar-refractivity contribution >= 4 is 28.9 Å². The number of nitrogens with two attached hydrogens (primary N) is 1. The van der Waals surface area contributed by atoms with Gasteiger partial charge < -0.3 is 16.0 Å². The number of carbonyl (C=O) groups excluding carboxylic acids is 1. The van der Waals surface area contributed by atoms with E-state index in [1.54, 1.807) is 4.90 Å². The van der Waals surface area contributed by atoms with Gasteiger partial charge in [0.05, 0.1) is 28.4 Å². The van der Waals surface area contributed by atoms with Gasteiger partial charge in [-0.1, -0.05) is 29.8 Å². The normalized spacial score (nSPS) is 15.4. The van der Waals surface area contributed by atoms with E-state index < -0.39 is 11.7 Å². The molecule has 0 aliphatic carbocycles. The van der Waals surface area contributed by atoms with E-state index in [0.29, 0.717) is 29.4 Å². The zero-order valence-electron chi connectivity index (χ0n) is 16.0. The van der Waals surface area contributed by atoms with E-state index in [4.69, 9.17) is 17.3 Å². The molecule has 3 rings (SSSR count). The quantitative estimate of drug-likeness (QED) is 0.685. The molecule has 3 N–H and O–H groups in total. The van der Waals surface area contributed by atoms with Crippen LogP contribution < -0.4 is 11.1 Å². The molecule has 1 heterocycles. The minimum Gasteiger partial charge on any atom is -0.397 e. The van der Waals surface area contributed by atoms with Gasteiger partial charge in [0.2, 0.25) is 5.91 Å². The maximum Gasteiger partial charge on any atom is 0.416 e. The van der Waals surface area contributed by atoms with Crippen molar-refractivity contribution in [2.24, 2.45) is 0 Å². The molecule has 156 valence electrons. The summed E-state index contributed by atoms with van der Waals surface area (Å²) in [5, 5.41) is 3.99. The first-order valence-corrected chi connectivity index (χ1v) is 9.78. The fourth-order valence-electron chi connectivity index (χ4n) is 3.42. The van der Waals surface area contributed by atoms with Crippen LogP contribution in [0.2, 0.25) is 5.02 Å². The average Bonchev–Trinajstić information content (AvgIpc) is 2.68. The largest absolute Gasteiger partial charge is 0.416 e. The standard InChI is InChI=1S/C21H23ClF3N3O/c1-13-2-7-17(26)20(19(13)22)27-16-8-10-28(11-9-16)18(29)12-14-3-5-15(6-4-14)21(23,24)25/h2-7,16,27H,8-12,26H2,1H3. The van der Waals surface area contributed by atoms with E-state index in [-0.39, 0.29) is 18.4 Å². The zero-order valence-corrected chi connectivity index (χ0v) is 16.8. The van der Waals surface area contributed by atoms with Crippen LogP contribution in [0.4, 0.5) is 24.5 Å². The molecule has 1 aliphatic heterocycles. The molecule has 0 aromatic heterocycles. The monoisotopic (exact) mass is 425 g/mol. The average molecular weight is 426 g/mol. The van der Waals surface area contributed by atoms with Gasteiger partial charge in [-0.25, -0.2) is 0 Å². The van der Waals surface area contributed by atoms with Crippen LogP contribution in [0.3, 0.4) is 0 Å². The molecule has 4 nitrogen and oxygen atoms in total. The number of piperidine rings is 1. The minimum atomic E-state index is -4.37. The molecule has 0 unspecified atom stereocenters. The Morgan fingerprint density at radius 3 is 2.38 bits per heavy atom. The van der Waals surface area contributed by atoms with Crippen LogP contribution in [0.25, 0.3) is 0 Å². The van der Waals surface area contributed by atoms with Crippen LogP contribution in [-0.4, -0.2) is 29.9 Å². The summed E-state index contributed by atoms with van der Waals surface area (Å²) in [6, 6.07) is 8.56. The van der Waals surface area contributed by atoms with Gasteiger partial charge in [-0.15, -0.1) is 0 Å². The number of nitrogens with zero attached hydrogens (tertiary/aromatic N) is 1. The van der Waals surface area contributed by atoms with E-state index in [0.717, 1.165) is 36.2 Å². The third kappa shape index (κ3) is 5.15. The SMILES string of the molecule is Cc1ccc(N)c(NC2CCN(C(=O)Cc3ccc(C(F)(F)F)cc3)CC2)c1Cl. The number of halogens is 4. The van der Waals surface area contributed by atoms with E-state index in [9.17, 15) is 18.0 Å². The predicted molar refractivity (Wildman–Crippen MR) is 109 cm³/mol. The lowest BCUT2D eigenvalue weighted by atomic mass is 10.0. The van der Waals surface area contributed by atoms with E-state index >= 15 is 0 Å². The highest BCUT2D eigenvalue weighted by molar-refractivity contribution is 6.34. The van der Waals surface area contributed by atoms with E-state index in [1.165, 1.54) is 12.1 Å². The fraction of sp³-hybridized carbons (Fsp3) is 0.381. The Labute approximate surface area is 172 Å². The molecular weight excluding hydrogens is 403 g/mol. The lowest BCUT2D eigenvalue weighted by Gasteiger charge is -2.33. The van der Waals surface area contributed by atoms with Crippen molar-refractivity contribution in [3.8, 4) is 0 Å². The van der Waals surface area contributed by atoms with Crippen LogP contribution >= 0.6 is 11.6 Å². The third-order valence-electron chi connectivity index (χ3n) is 5.20. The molecule has 0 atom stereocenters. The zero-order chi connectivity index (χ0) is 21.2. The summed E-state index contributed by atoms with van der Waals surface area (Å²) in [4.78, 5) is 14.3. The summed E-state index contributed by atoms with van der Waals surface area (Å²) in [7, 11) is 0. The first-order chi connectivity index (χ1) is 13.6. The highest BCUT2D eigenvalue weighted by atomic mass is 35.5. The van der Waals surface area contributed by atoms with Crippen LogP contribution in [0.1, 0.15) is 29.5 Å². The molecule has 1 saturated heterocycles. The summed E-state index contributed by atoms with van der Waals surface area (Å²) in [5.41, 5.74) is 8.13. The number of nitrogen functional groups attached to an aromatic ring is 1. The Morgan fingerprint density at radius 2 is 1.79 bits per heavy atom. The number of benzene rings is 2. The second-order valence-corrected chi connectivity index (χ2v) is 7.71. The third-order valence-corrected chi connectivity index (χ3v) is 5.69. The van der Waals surface area contributed by atoms with Gasteiger partial charge in [0.1, 0.15) is 0 Å². The molecule has 0 saturated carbocycles. The summed E-state index contributed by atoms with van der Waals surface area (Å²) >= 11 is 6.35. The van der Waals surface area contributed by atoms with Crippen LogP contribution in [0, 0.1) is 6.92 Å². The van der Waals surface area contributed by atoms with Gasteiger partial charge in [0, 0.05) is 19.1 Å². The number of alkyl halides is 3. The molecule has 2 aromatic rings. The van der Waals surface area contributed by atoms with Gasteiger partial charge in [-0.05, 0) is 49.1 Å². The van der Waals surface area contributed by atoms with Crippen LogP contribution in [0.5, 0.6) is 0 Å². The van der Waals surface area contributed by atoms with Crippen LogP contribution in [-0.2, 0) is 17.4 Å². The van der Waals surface area contributed by atoms with Gasteiger partial charge in [-0.2, -0.15) is 13.2 Å². The maximum absolute atomic E-state index is 12.6. The Balaban J connectivity index is 1.54. The van der Waals surface area contributed by atoms with Crippen molar-refractivity contribution in [3.05, 3.63) is 58.1 Å². The van der Waals surface area contributed by atoms with Gasteiger partial charge in [0.15, 0.2) is 0 Å². The van der Waals surface area contributed by atoms with Gasteiger partial charge >= 0.3 is 6.18 Å². The van der Waals surface area contributed by atoms with E-state index in [1.807, 2.05) is 19.1 Å². The Morgan fingerprint density at radius 1 is 1.17 bits per heavy atom. The van der Waals surface area contributed by atoms with Crippen molar-refractivity contribution in [3.63, 3.8) is 0 Å². The fourth-order valence-corrected chi connectivity index (χ4v) is 3.64. The first-order valence-electron chi connectivity index (χ1n) is 9.40. The number of nitrogens with one attached hydrogen (secondary N) is 1. The first kappa shape index (κ1) is 21.3. The van der Waals surface area contributed by atoms with Crippen molar-refractivity contribution in [2.45, 2.75) is 38.4 Å². The van der Waals surface area contributed by atoms with Crippen molar-refractivity contribution in [1.82, 2.24) is 4.90 Å². The second kappa shape index (κ2) is 8.53. The number of hydrogen-bond acceptors (Lipinski definition) is 3. The minimum absolute atomic E-state index is 0.0867. The topological polar surface area (TPSA) is 58.4 Å². The van der Waals surface area contributed by atoms with Gasteiger partial charge in [0.25, 0.3) is 0 Å². The maximum atomic E-state index is 12.6. The number of carbonyl (C=O) groups is 1. The molecule has 0 radical (unpaired) electrons. The molecular formula is C21H23ClF3N3O. The highest BCUT2D eigenvalue weighted by Crippen LogP contribution is 2.33. The van der Waals surface area contributed by atoms with Crippen molar-refractivity contribution < 1.29 is 18.0 Å². The summed E-state index contributed by atoms with van der Waals surface area (Å²) in [6.45, 7) is 3.05. The molecule has 1 fully saturated rings. The number of rotatable bonds is 4. The molecule has 0 spiro atoms. The second-order valence-electron chi connectivity index (χ2n) is 7.33. The van der Waals surface area contributed by atoms with Crippen molar-refractivity contribution in [1.29, 1.82) is 0 Å². The van der Waals surface area contributed by atoms with Gasteiger partial charge in [-0.3, -0.25) is 4.79 Å². The Kier molecular flexibility index (Phi) is 6.27. The number of hydrogen-bond donors (Lipinski definition) is 2. The molecule has 29 heavy (non-hydrogen) atoms. The smallest absolute Gasteiger partial charge is 0.397 e. The van der Waals surface area contributed by atoms with Crippen LogP contribution in [0.15, 0.2) is 36.4 Å². The number of aryl methyl sites for hydroxylation is 1. The van der Waals surface area contributed by atoms with E-state index in [2.05, 4.69) is 5.32 Å². The Hall–Kier alpha value is -2.41.